The summed E-state index contributed by atoms with van der Waals surface area (Å²) < 4.78 is 80.1. The Morgan fingerprint density at radius 1 is 1.09 bits per heavy atom. The largest absolute Gasteiger partial charge is 0.573 e. The Bertz CT molecular complexity index is 824. The van der Waals surface area contributed by atoms with Gasteiger partial charge in [-0.2, -0.15) is 0 Å². The van der Waals surface area contributed by atoms with Crippen LogP contribution in [-0.4, -0.2) is 14.8 Å². The number of ether oxygens (including phenoxy) is 1. The molecule has 2 aromatic rings. The van der Waals surface area contributed by atoms with Gasteiger partial charge in [0.05, 0.1) is 10.7 Å². The smallest absolute Gasteiger partial charge is 0.404 e. The van der Waals surface area contributed by atoms with Crippen LogP contribution in [-0.2, 0) is 10.0 Å². The van der Waals surface area contributed by atoms with Gasteiger partial charge in [-0.25, -0.2) is 12.8 Å². The molecule has 124 valence electrons. The van der Waals surface area contributed by atoms with E-state index in [1.165, 1.54) is 12.1 Å². The summed E-state index contributed by atoms with van der Waals surface area (Å²) in [6.07, 6.45) is -5.06. The zero-order valence-electron chi connectivity index (χ0n) is 11.1. The number of sulfonamides is 1. The Balaban J connectivity index is 2.40. The van der Waals surface area contributed by atoms with Crippen LogP contribution in [0.4, 0.5) is 23.2 Å². The number of halogens is 5. The van der Waals surface area contributed by atoms with Crippen molar-refractivity contribution in [3.05, 3.63) is 53.3 Å². The van der Waals surface area contributed by atoms with E-state index in [1.807, 2.05) is 4.72 Å². The summed E-state index contributed by atoms with van der Waals surface area (Å²) in [6.45, 7) is 0. The highest BCUT2D eigenvalue weighted by atomic mass is 35.5. The van der Waals surface area contributed by atoms with Crippen LogP contribution in [0.15, 0.2) is 47.4 Å². The third kappa shape index (κ3) is 4.49. The summed E-state index contributed by atoms with van der Waals surface area (Å²) in [4.78, 5) is -0.738. The summed E-state index contributed by atoms with van der Waals surface area (Å²) in [5, 5.41) is -0.247. The lowest BCUT2D eigenvalue weighted by Crippen LogP contribution is -2.21. The first-order valence-electron chi connectivity index (χ1n) is 5.91. The highest BCUT2D eigenvalue weighted by molar-refractivity contribution is 7.92. The molecule has 0 heterocycles. The van der Waals surface area contributed by atoms with Crippen molar-refractivity contribution >= 4 is 27.3 Å². The zero-order chi connectivity index (χ0) is 17.3. The molecule has 2 aromatic carbocycles. The minimum atomic E-state index is -5.06. The lowest BCUT2D eigenvalue weighted by atomic mass is 10.3. The Morgan fingerprint density at radius 3 is 2.35 bits per heavy atom. The molecule has 4 nitrogen and oxygen atoms in total. The Kier molecular flexibility index (Phi) is 4.71. The Hall–Kier alpha value is -2.00. The third-order valence-electron chi connectivity index (χ3n) is 2.54. The maximum atomic E-state index is 12.9. The quantitative estimate of drug-likeness (QED) is 0.823. The van der Waals surface area contributed by atoms with Crippen molar-refractivity contribution in [3.8, 4) is 5.75 Å². The van der Waals surface area contributed by atoms with Crippen LogP contribution in [0.1, 0.15) is 0 Å². The van der Waals surface area contributed by atoms with Crippen molar-refractivity contribution in [2.45, 2.75) is 11.3 Å². The van der Waals surface area contributed by atoms with Crippen molar-refractivity contribution in [1.82, 2.24) is 0 Å². The molecule has 0 aromatic heterocycles. The van der Waals surface area contributed by atoms with E-state index in [1.54, 1.807) is 0 Å². The molecule has 0 aliphatic rings. The topological polar surface area (TPSA) is 55.4 Å². The molecule has 0 saturated heterocycles. The first kappa shape index (κ1) is 17.4. The highest BCUT2D eigenvalue weighted by Gasteiger charge is 2.34. The molecule has 23 heavy (non-hydrogen) atoms. The lowest BCUT2D eigenvalue weighted by molar-refractivity contribution is -0.275. The number of hydrogen-bond acceptors (Lipinski definition) is 3. The van der Waals surface area contributed by atoms with E-state index in [0.29, 0.717) is 0 Å². The Labute approximate surface area is 133 Å². The van der Waals surface area contributed by atoms with Gasteiger partial charge in [-0.3, -0.25) is 4.72 Å². The van der Waals surface area contributed by atoms with E-state index in [4.69, 9.17) is 11.6 Å². The van der Waals surface area contributed by atoms with Crippen molar-refractivity contribution in [1.29, 1.82) is 0 Å². The van der Waals surface area contributed by atoms with Crippen LogP contribution in [0.2, 0.25) is 5.02 Å². The number of para-hydroxylation sites is 1. The predicted molar refractivity (Wildman–Crippen MR) is 75.3 cm³/mol. The predicted octanol–water partition coefficient (Wildman–Crippen LogP) is 4.18. The number of hydrogen-bond donors (Lipinski definition) is 1. The molecule has 0 atom stereocenters. The van der Waals surface area contributed by atoms with Crippen LogP contribution >= 0.6 is 11.6 Å². The van der Waals surface area contributed by atoms with E-state index in [-0.39, 0.29) is 10.7 Å². The van der Waals surface area contributed by atoms with Gasteiger partial charge in [0.1, 0.15) is 16.5 Å². The highest BCUT2D eigenvalue weighted by Crippen LogP contribution is 2.32. The molecule has 2 rings (SSSR count). The van der Waals surface area contributed by atoms with Crippen LogP contribution in [0.5, 0.6) is 5.75 Å². The molecule has 0 saturated carbocycles. The van der Waals surface area contributed by atoms with E-state index in [9.17, 15) is 26.0 Å². The van der Waals surface area contributed by atoms with E-state index in [0.717, 1.165) is 30.3 Å². The van der Waals surface area contributed by atoms with Gasteiger partial charge in [0.15, 0.2) is 0 Å². The fourth-order valence-electron chi connectivity index (χ4n) is 1.65. The lowest BCUT2D eigenvalue weighted by Gasteiger charge is -2.15. The van der Waals surface area contributed by atoms with Gasteiger partial charge in [0, 0.05) is 0 Å². The molecule has 0 fully saturated rings. The standard InChI is InChI=1S/C13H8ClF4NO3S/c14-9-7-8(15)5-6-10(9)19-23(20,21)12-4-2-1-3-11(12)22-13(16,17)18/h1-7,19H. The second-order valence-corrected chi connectivity index (χ2v) is 6.28. The van der Waals surface area contributed by atoms with Gasteiger partial charge in [-0.1, -0.05) is 23.7 Å². The van der Waals surface area contributed by atoms with Gasteiger partial charge in [-0.15, -0.1) is 13.2 Å². The van der Waals surface area contributed by atoms with Gasteiger partial charge in [-0.05, 0) is 30.3 Å². The average molecular weight is 370 g/mol. The van der Waals surface area contributed by atoms with Crippen LogP contribution in [0.3, 0.4) is 0 Å². The normalized spacial score (nSPS) is 12.0. The van der Waals surface area contributed by atoms with Crippen molar-refractivity contribution in [3.63, 3.8) is 0 Å². The van der Waals surface area contributed by atoms with E-state index < -0.39 is 32.8 Å². The Morgan fingerprint density at radius 2 is 1.74 bits per heavy atom. The number of alkyl halides is 3. The van der Waals surface area contributed by atoms with Crippen molar-refractivity contribution in [2.75, 3.05) is 4.72 Å². The number of benzene rings is 2. The molecule has 0 radical (unpaired) electrons. The molecule has 0 aliphatic carbocycles. The van der Waals surface area contributed by atoms with E-state index >= 15 is 0 Å². The van der Waals surface area contributed by atoms with Gasteiger partial charge < -0.3 is 4.74 Å². The van der Waals surface area contributed by atoms with Crippen LogP contribution in [0.25, 0.3) is 0 Å². The van der Waals surface area contributed by atoms with E-state index in [2.05, 4.69) is 4.74 Å². The second kappa shape index (κ2) is 6.25. The summed E-state index contributed by atoms with van der Waals surface area (Å²) in [5.41, 5.74) is -0.185. The molecule has 1 N–H and O–H groups in total. The monoisotopic (exact) mass is 369 g/mol. The van der Waals surface area contributed by atoms with Crippen LogP contribution in [0, 0.1) is 5.82 Å². The molecule has 10 heteroatoms. The molecule has 0 unspecified atom stereocenters. The SMILES string of the molecule is O=S(=O)(Nc1ccc(F)cc1Cl)c1ccccc1OC(F)(F)F. The number of anilines is 1. The summed E-state index contributed by atoms with van der Waals surface area (Å²) in [6, 6.07) is 7.05. The fourth-order valence-corrected chi connectivity index (χ4v) is 3.13. The molecule has 0 aliphatic heterocycles. The fraction of sp³-hybridized carbons (Fsp3) is 0.0769. The maximum absolute atomic E-state index is 12.9. The molecular formula is C13H8ClF4NO3S. The minimum absolute atomic E-state index is 0.185. The summed E-state index contributed by atoms with van der Waals surface area (Å²) in [7, 11) is -4.43. The number of rotatable bonds is 4. The van der Waals surface area contributed by atoms with Gasteiger partial charge in [0.25, 0.3) is 10.0 Å². The van der Waals surface area contributed by atoms with Gasteiger partial charge >= 0.3 is 6.36 Å². The number of nitrogens with one attached hydrogen (secondary N) is 1. The molecule has 0 amide bonds. The molecule has 0 bridgehead atoms. The zero-order valence-corrected chi connectivity index (χ0v) is 12.6. The summed E-state index contributed by atoms with van der Waals surface area (Å²) in [5.74, 6) is -1.59. The van der Waals surface area contributed by atoms with Crippen molar-refractivity contribution in [2.24, 2.45) is 0 Å². The minimum Gasteiger partial charge on any atom is -0.404 e. The summed E-state index contributed by atoms with van der Waals surface area (Å²) >= 11 is 5.69. The molecular weight excluding hydrogens is 362 g/mol. The second-order valence-electron chi connectivity index (χ2n) is 4.22. The average Bonchev–Trinajstić information content (AvgIpc) is 2.40. The molecule has 0 spiro atoms. The first-order chi connectivity index (χ1) is 10.6. The third-order valence-corrected chi connectivity index (χ3v) is 4.26. The van der Waals surface area contributed by atoms with Crippen LogP contribution < -0.4 is 9.46 Å². The van der Waals surface area contributed by atoms with Crippen molar-refractivity contribution < 1.29 is 30.7 Å². The first-order valence-corrected chi connectivity index (χ1v) is 7.77. The maximum Gasteiger partial charge on any atom is 0.573 e. The van der Waals surface area contributed by atoms with Gasteiger partial charge in [0.2, 0.25) is 0 Å².